The molecule has 0 fully saturated rings. The van der Waals surface area contributed by atoms with Gasteiger partial charge in [0.25, 0.3) is 0 Å². The quantitative estimate of drug-likeness (QED) is 0.898. The van der Waals surface area contributed by atoms with E-state index in [0.717, 1.165) is 11.1 Å². The highest BCUT2D eigenvalue weighted by molar-refractivity contribution is 9.10. The molecule has 0 aromatic heterocycles. The van der Waals surface area contributed by atoms with Gasteiger partial charge in [0.15, 0.2) is 0 Å². The Labute approximate surface area is 108 Å². The minimum atomic E-state index is -0.926. The summed E-state index contributed by atoms with van der Waals surface area (Å²) in [4.78, 5) is 10.5. The van der Waals surface area contributed by atoms with Crippen molar-refractivity contribution in [3.05, 3.63) is 33.0 Å². The van der Waals surface area contributed by atoms with E-state index in [1.165, 1.54) is 0 Å². The van der Waals surface area contributed by atoms with E-state index < -0.39 is 17.8 Å². The Balaban J connectivity index is 3.07. The first-order valence-corrected chi connectivity index (χ1v) is 6.06. The smallest absolute Gasteiger partial charge is 0.303 e. The van der Waals surface area contributed by atoms with Gasteiger partial charge in [-0.15, -0.1) is 0 Å². The minimum Gasteiger partial charge on any atom is -0.481 e. The first-order chi connectivity index (χ1) is 7.84. The van der Waals surface area contributed by atoms with Crippen molar-refractivity contribution < 1.29 is 14.3 Å². The van der Waals surface area contributed by atoms with Crippen LogP contribution in [0.15, 0.2) is 10.5 Å². The molecule has 1 aromatic rings. The van der Waals surface area contributed by atoms with Gasteiger partial charge in [0, 0.05) is 18.0 Å². The van der Waals surface area contributed by atoms with Gasteiger partial charge in [-0.3, -0.25) is 4.79 Å². The van der Waals surface area contributed by atoms with Crippen LogP contribution in [-0.4, -0.2) is 11.1 Å². The van der Waals surface area contributed by atoms with E-state index in [9.17, 15) is 9.18 Å². The summed E-state index contributed by atoms with van der Waals surface area (Å²) in [6, 6.07) is 1.10. The van der Waals surface area contributed by atoms with Crippen LogP contribution in [0.25, 0.3) is 0 Å². The fourth-order valence-electron chi connectivity index (χ4n) is 1.73. The summed E-state index contributed by atoms with van der Waals surface area (Å²) < 4.78 is 14.3. The summed E-state index contributed by atoms with van der Waals surface area (Å²) in [5.74, 6) is -1.32. The maximum Gasteiger partial charge on any atom is 0.303 e. The van der Waals surface area contributed by atoms with Gasteiger partial charge in [-0.2, -0.15) is 0 Å². The fourth-order valence-corrected chi connectivity index (χ4v) is 2.29. The summed E-state index contributed by atoms with van der Waals surface area (Å²) >= 11 is 3.13. The maximum absolute atomic E-state index is 13.9. The molecule has 3 nitrogen and oxygen atoms in total. The largest absolute Gasteiger partial charge is 0.481 e. The van der Waals surface area contributed by atoms with Crippen molar-refractivity contribution in [1.29, 1.82) is 0 Å². The van der Waals surface area contributed by atoms with E-state index in [0.29, 0.717) is 10.0 Å². The minimum absolute atomic E-state index is 0.0639. The van der Waals surface area contributed by atoms with Gasteiger partial charge >= 0.3 is 5.97 Å². The summed E-state index contributed by atoms with van der Waals surface area (Å²) in [5.41, 5.74) is 7.97. The number of aliphatic carboxylic acids is 1. The third-order valence-electron chi connectivity index (χ3n) is 2.82. The number of aryl methyl sites for hydroxylation is 1. The van der Waals surface area contributed by atoms with Gasteiger partial charge in [0.2, 0.25) is 0 Å². The molecular weight excluding hydrogens is 289 g/mol. The molecule has 0 aliphatic carbocycles. The molecule has 1 aromatic carbocycles. The van der Waals surface area contributed by atoms with Crippen LogP contribution < -0.4 is 5.73 Å². The molecule has 0 saturated heterocycles. The normalized spacial score (nSPS) is 12.5. The second kappa shape index (κ2) is 5.60. The number of carboxylic acids is 1. The molecule has 0 radical (unpaired) electrons. The first-order valence-electron chi connectivity index (χ1n) is 5.27. The summed E-state index contributed by atoms with van der Waals surface area (Å²) in [5, 5.41) is 8.60. The Kier molecular flexibility index (Phi) is 4.65. The highest BCUT2D eigenvalue weighted by Gasteiger charge is 2.19. The van der Waals surface area contributed by atoms with Gasteiger partial charge in [-0.25, -0.2) is 4.39 Å². The fraction of sp³-hybridized carbons (Fsp3) is 0.417. The second-order valence-corrected chi connectivity index (χ2v) is 4.92. The number of hydrogen-bond donors (Lipinski definition) is 2. The highest BCUT2D eigenvalue weighted by Crippen LogP contribution is 2.30. The molecule has 94 valence electrons. The summed E-state index contributed by atoms with van der Waals surface area (Å²) in [6.07, 6.45) is 0.161. The number of nitrogens with two attached hydrogens (primary N) is 1. The van der Waals surface area contributed by atoms with Gasteiger partial charge in [-0.1, -0.05) is 0 Å². The predicted octanol–water partition coefficient (Wildman–Crippen LogP) is 3.07. The molecule has 0 heterocycles. The van der Waals surface area contributed by atoms with Gasteiger partial charge in [0.1, 0.15) is 5.82 Å². The zero-order chi connectivity index (χ0) is 13.2. The topological polar surface area (TPSA) is 63.3 Å². The molecule has 17 heavy (non-hydrogen) atoms. The lowest BCUT2D eigenvalue weighted by atomic mass is 9.94. The first kappa shape index (κ1) is 14.1. The molecule has 0 saturated carbocycles. The third kappa shape index (κ3) is 3.26. The van der Waals surface area contributed by atoms with Crippen LogP contribution in [0, 0.1) is 19.7 Å². The number of halogens is 2. The van der Waals surface area contributed by atoms with Crippen molar-refractivity contribution >= 4 is 21.9 Å². The van der Waals surface area contributed by atoms with Crippen molar-refractivity contribution in [2.75, 3.05) is 0 Å². The number of hydrogen-bond acceptors (Lipinski definition) is 2. The van der Waals surface area contributed by atoms with E-state index in [-0.39, 0.29) is 12.8 Å². The SMILES string of the molecule is Cc1cc(Br)c(F)c(C(N)CCC(=O)O)c1C. The molecule has 5 heteroatoms. The van der Waals surface area contributed by atoms with Crippen LogP contribution in [0.3, 0.4) is 0 Å². The van der Waals surface area contributed by atoms with E-state index in [4.69, 9.17) is 10.8 Å². The van der Waals surface area contributed by atoms with Crippen LogP contribution in [-0.2, 0) is 4.79 Å². The standard InChI is InChI=1S/C12H15BrFNO2/c1-6-5-8(13)12(14)11(7(6)2)9(15)3-4-10(16)17/h5,9H,3-4,15H2,1-2H3,(H,16,17). The lowest BCUT2D eigenvalue weighted by Crippen LogP contribution is -2.16. The molecule has 1 atom stereocenters. The van der Waals surface area contributed by atoms with E-state index in [2.05, 4.69) is 15.9 Å². The van der Waals surface area contributed by atoms with Crippen molar-refractivity contribution in [1.82, 2.24) is 0 Å². The molecule has 0 aliphatic rings. The number of carboxylic acid groups (broad SMARTS) is 1. The van der Waals surface area contributed by atoms with E-state index in [1.54, 1.807) is 13.0 Å². The lowest BCUT2D eigenvalue weighted by Gasteiger charge is -2.17. The Morgan fingerprint density at radius 1 is 1.59 bits per heavy atom. The van der Waals surface area contributed by atoms with E-state index >= 15 is 0 Å². The van der Waals surface area contributed by atoms with Crippen LogP contribution in [0.4, 0.5) is 4.39 Å². The van der Waals surface area contributed by atoms with Crippen LogP contribution in [0.5, 0.6) is 0 Å². The van der Waals surface area contributed by atoms with Crippen LogP contribution in [0.1, 0.15) is 35.6 Å². The average Bonchev–Trinajstić information content (AvgIpc) is 2.24. The number of benzene rings is 1. The third-order valence-corrected chi connectivity index (χ3v) is 3.40. The molecule has 0 spiro atoms. The second-order valence-electron chi connectivity index (χ2n) is 4.07. The molecule has 1 unspecified atom stereocenters. The van der Waals surface area contributed by atoms with Crippen LogP contribution in [0.2, 0.25) is 0 Å². The van der Waals surface area contributed by atoms with Crippen molar-refractivity contribution in [2.45, 2.75) is 32.7 Å². The molecule has 0 bridgehead atoms. The number of carbonyl (C=O) groups is 1. The average molecular weight is 304 g/mol. The van der Waals surface area contributed by atoms with Crippen molar-refractivity contribution in [3.8, 4) is 0 Å². The van der Waals surface area contributed by atoms with Gasteiger partial charge in [-0.05, 0) is 53.4 Å². The Bertz CT molecular complexity index is 422. The monoisotopic (exact) mass is 303 g/mol. The van der Waals surface area contributed by atoms with Gasteiger partial charge < -0.3 is 10.8 Å². The lowest BCUT2D eigenvalue weighted by molar-refractivity contribution is -0.137. The van der Waals surface area contributed by atoms with Gasteiger partial charge in [0.05, 0.1) is 4.47 Å². The Morgan fingerprint density at radius 2 is 2.18 bits per heavy atom. The predicted molar refractivity (Wildman–Crippen MR) is 67.4 cm³/mol. The molecule has 0 aliphatic heterocycles. The zero-order valence-electron chi connectivity index (χ0n) is 9.76. The number of rotatable bonds is 4. The highest BCUT2D eigenvalue weighted by atomic mass is 79.9. The summed E-state index contributed by atoms with van der Waals surface area (Å²) in [6.45, 7) is 3.66. The molecule has 1 rings (SSSR count). The van der Waals surface area contributed by atoms with Crippen LogP contribution >= 0.6 is 15.9 Å². The maximum atomic E-state index is 13.9. The Morgan fingerprint density at radius 3 is 2.71 bits per heavy atom. The molecule has 3 N–H and O–H groups in total. The van der Waals surface area contributed by atoms with Crippen molar-refractivity contribution in [2.24, 2.45) is 5.73 Å². The van der Waals surface area contributed by atoms with Crippen molar-refractivity contribution in [3.63, 3.8) is 0 Å². The van der Waals surface area contributed by atoms with E-state index in [1.807, 2.05) is 6.92 Å². The Hall–Kier alpha value is -0.940. The summed E-state index contributed by atoms with van der Waals surface area (Å²) in [7, 11) is 0. The molecular formula is C12H15BrFNO2. The zero-order valence-corrected chi connectivity index (χ0v) is 11.3. The molecule has 0 amide bonds.